The standard InChI is InChI=1S/C16H13FN2O/c17-13-7-3-1-5-10(13)15-11-6-2-4-8-14(11)19-16(20)12(15)9-18/h1,3,5,7H,2,4,6,8H2,(H,19,20). The molecule has 0 unspecified atom stereocenters. The summed E-state index contributed by atoms with van der Waals surface area (Å²) >= 11 is 0. The van der Waals surface area contributed by atoms with Crippen LogP contribution in [-0.4, -0.2) is 4.98 Å². The van der Waals surface area contributed by atoms with E-state index >= 15 is 0 Å². The first-order valence-electron chi connectivity index (χ1n) is 6.65. The summed E-state index contributed by atoms with van der Waals surface area (Å²) in [6.07, 6.45) is 3.54. The predicted molar refractivity (Wildman–Crippen MR) is 73.8 cm³/mol. The van der Waals surface area contributed by atoms with Gasteiger partial charge in [0, 0.05) is 16.8 Å². The van der Waals surface area contributed by atoms with Gasteiger partial charge in [0.05, 0.1) is 0 Å². The van der Waals surface area contributed by atoms with E-state index in [1.807, 2.05) is 6.07 Å². The first-order valence-corrected chi connectivity index (χ1v) is 6.65. The van der Waals surface area contributed by atoms with Gasteiger partial charge in [-0.05, 0) is 37.3 Å². The van der Waals surface area contributed by atoms with Crippen LogP contribution < -0.4 is 5.56 Å². The molecule has 2 aromatic rings. The fourth-order valence-corrected chi connectivity index (χ4v) is 2.85. The average molecular weight is 268 g/mol. The van der Waals surface area contributed by atoms with E-state index in [4.69, 9.17) is 0 Å². The predicted octanol–water partition coefficient (Wildman–Crippen LogP) is 2.93. The van der Waals surface area contributed by atoms with Crippen molar-refractivity contribution in [3.63, 3.8) is 0 Å². The highest BCUT2D eigenvalue weighted by Gasteiger charge is 2.22. The molecule has 0 bridgehead atoms. The van der Waals surface area contributed by atoms with E-state index in [0.717, 1.165) is 36.9 Å². The first-order chi connectivity index (χ1) is 9.72. The van der Waals surface area contributed by atoms with Crippen molar-refractivity contribution in [1.82, 2.24) is 4.98 Å². The lowest BCUT2D eigenvalue weighted by molar-refractivity contribution is 0.629. The Bertz CT molecular complexity index is 771. The molecular weight excluding hydrogens is 255 g/mol. The highest BCUT2D eigenvalue weighted by Crippen LogP contribution is 2.33. The highest BCUT2D eigenvalue weighted by molar-refractivity contribution is 5.75. The Morgan fingerprint density at radius 2 is 1.95 bits per heavy atom. The highest BCUT2D eigenvalue weighted by atomic mass is 19.1. The van der Waals surface area contributed by atoms with E-state index < -0.39 is 11.4 Å². The molecule has 4 heteroatoms. The van der Waals surface area contributed by atoms with Crippen LogP contribution in [0.15, 0.2) is 29.1 Å². The number of rotatable bonds is 1. The summed E-state index contributed by atoms with van der Waals surface area (Å²) in [5.74, 6) is -0.401. The van der Waals surface area contributed by atoms with Gasteiger partial charge in [-0.2, -0.15) is 5.26 Å². The summed E-state index contributed by atoms with van der Waals surface area (Å²) in [6.45, 7) is 0. The van der Waals surface area contributed by atoms with Gasteiger partial charge in [-0.1, -0.05) is 18.2 Å². The number of fused-ring (bicyclic) bond motifs is 1. The molecule has 3 rings (SSSR count). The summed E-state index contributed by atoms with van der Waals surface area (Å²) in [4.78, 5) is 14.8. The van der Waals surface area contributed by atoms with E-state index in [9.17, 15) is 14.4 Å². The van der Waals surface area contributed by atoms with Crippen molar-refractivity contribution < 1.29 is 4.39 Å². The molecule has 3 nitrogen and oxygen atoms in total. The number of nitrogens with one attached hydrogen (secondary N) is 1. The van der Waals surface area contributed by atoms with E-state index in [0.29, 0.717) is 11.1 Å². The fourth-order valence-electron chi connectivity index (χ4n) is 2.85. The second kappa shape index (κ2) is 4.93. The summed E-state index contributed by atoms with van der Waals surface area (Å²) in [7, 11) is 0. The Kier molecular flexibility index (Phi) is 3.11. The van der Waals surface area contributed by atoms with Gasteiger partial charge < -0.3 is 4.98 Å². The largest absolute Gasteiger partial charge is 0.325 e. The topological polar surface area (TPSA) is 56.6 Å². The molecule has 1 heterocycles. The lowest BCUT2D eigenvalue weighted by atomic mass is 9.87. The Hall–Kier alpha value is -2.41. The quantitative estimate of drug-likeness (QED) is 0.864. The molecule has 1 N–H and O–H groups in total. The number of nitriles is 1. The minimum atomic E-state index is -0.425. The molecule has 0 saturated carbocycles. The van der Waals surface area contributed by atoms with Crippen LogP contribution in [0.1, 0.15) is 29.7 Å². The third kappa shape index (κ3) is 1.92. The molecule has 1 aromatic heterocycles. The number of H-pyrrole nitrogens is 1. The van der Waals surface area contributed by atoms with Crippen molar-refractivity contribution in [3.8, 4) is 17.2 Å². The van der Waals surface area contributed by atoms with Gasteiger partial charge in [0.25, 0.3) is 5.56 Å². The zero-order chi connectivity index (χ0) is 14.1. The van der Waals surface area contributed by atoms with Crippen molar-refractivity contribution in [1.29, 1.82) is 5.26 Å². The summed E-state index contributed by atoms with van der Waals surface area (Å²) in [5, 5.41) is 9.26. The van der Waals surface area contributed by atoms with Crippen LogP contribution >= 0.6 is 0 Å². The number of aryl methyl sites for hydroxylation is 1. The Morgan fingerprint density at radius 1 is 1.20 bits per heavy atom. The van der Waals surface area contributed by atoms with Crippen LogP contribution in [0.2, 0.25) is 0 Å². The van der Waals surface area contributed by atoms with Crippen molar-refractivity contribution in [3.05, 3.63) is 57.3 Å². The third-order valence-corrected chi connectivity index (χ3v) is 3.77. The minimum absolute atomic E-state index is 0.00995. The molecule has 0 amide bonds. The molecule has 1 aliphatic rings. The SMILES string of the molecule is N#Cc1c(-c2ccccc2F)c2c([nH]c1=O)CCCC2. The Balaban J connectivity index is 2.39. The molecule has 1 aliphatic carbocycles. The number of hydrogen-bond donors (Lipinski definition) is 1. The lowest BCUT2D eigenvalue weighted by Gasteiger charge is -2.20. The van der Waals surface area contributed by atoms with Gasteiger partial charge in [-0.15, -0.1) is 0 Å². The second-order valence-electron chi connectivity index (χ2n) is 4.96. The van der Waals surface area contributed by atoms with E-state index in [1.54, 1.807) is 18.2 Å². The first kappa shape index (κ1) is 12.6. The van der Waals surface area contributed by atoms with Crippen LogP contribution in [-0.2, 0) is 12.8 Å². The van der Waals surface area contributed by atoms with Crippen LogP contribution in [0.5, 0.6) is 0 Å². The van der Waals surface area contributed by atoms with Gasteiger partial charge in [-0.25, -0.2) is 4.39 Å². The second-order valence-corrected chi connectivity index (χ2v) is 4.96. The zero-order valence-electron chi connectivity index (χ0n) is 10.9. The summed E-state index contributed by atoms with van der Waals surface area (Å²) in [6, 6.07) is 8.23. The molecule has 0 radical (unpaired) electrons. The molecule has 0 saturated heterocycles. The summed E-state index contributed by atoms with van der Waals surface area (Å²) in [5.41, 5.74) is 2.16. The van der Waals surface area contributed by atoms with Crippen LogP contribution in [0.3, 0.4) is 0 Å². The molecule has 1 aromatic carbocycles. The number of nitrogens with zero attached hydrogens (tertiary/aromatic N) is 1. The van der Waals surface area contributed by atoms with E-state index in [1.165, 1.54) is 6.07 Å². The normalized spacial score (nSPS) is 13.6. The van der Waals surface area contributed by atoms with Gasteiger partial charge >= 0.3 is 0 Å². The van der Waals surface area contributed by atoms with Crippen LogP contribution in [0.25, 0.3) is 11.1 Å². The average Bonchev–Trinajstić information content (AvgIpc) is 2.46. The van der Waals surface area contributed by atoms with Gasteiger partial charge in [0.2, 0.25) is 0 Å². The van der Waals surface area contributed by atoms with Crippen molar-refractivity contribution in [2.75, 3.05) is 0 Å². The number of hydrogen-bond acceptors (Lipinski definition) is 2. The van der Waals surface area contributed by atoms with Crippen molar-refractivity contribution >= 4 is 0 Å². The van der Waals surface area contributed by atoms with Crippen LogP contribution in [0.4, 0.5) is 4.39 Å². The molecule has 0 aliphatic heterocycles. The molecule has 0 fully saturated rings. The fraction of sp³-hybridized carbons (Fsp3) is 0.250. The maximum atomic E-state index is 14.1. The molecule has 20 heavy (non-hydrogen) atoms. The Morgan fingerprint density at radius 3 is 2.70 bits per heavy atom. The smallest absolute Gasteiger partial charge is 0.266 e. The monoisotopic (exact) mass is 268 g/mol. The van der Waals surface area contributed by atoms with Crippen molar-refractivity contribution in [2.24, 2.45) is 0 Å². The molecule has 0 atom stereocenters. The Labute approximate surface area is 115 Å². The van der Waals surface area contributed by atoms with E-state index in [2.05, 4.69) is 4.98 Å². The minimum Gasteiger partial charge on any atom is -0.325 e. The number of halogens is 1. The number of aromatic nitrogens is 1. The van der Waals surface area contributed by atoms with Crippen LogP contribution in [0, 0.1) is 17.1 Å². The van der Waals surface area contributed by atoms with Gasteiger partial charge in [0.15, 0.2) is 0 Å². The zero-order valence-corrected chi connectivity index (χ0v) is 10.9. The number of benzene rings is 1. The molecule has 100 valence electrons. The van der Waals surface area contributed by atoms with Gasteiger partial charge in [0.1, 0.15) is 17.4 Å². The number of aromatic amines is 1. The van der Waals surface area contributed by atoms with Gasteiger partial charge in [-0.3, -0.25) is 4.79 Å². The maximum Gasteiger partial charge on any atom is 0.266 e. The third-order valence-electron chi connectivity index (χ3n) is 3.77. The number of pyridine rings is 1. The maximum absolute atomic E-state index is 14.1. The summed E-state index contributed by atoms with van der Waals surface area (Å²) < 4.78 is 14.1. The lowest BCUT2D eigenvalue weighted by Crippen LogP contribution is -2.20. The van der Waals surface area contributed by atoms with Crippen molar-refractivity contribution in [2.45, 2.75) is 25.7 Å². The van der Waals surface area contributed by atoms with E-state index in [-0.39, 0.29) is 5.56 Å². The molecule has 0 spiro atoms. The molecular formula is C16H13FN2O.